The van der Waals surface area contributed by atoms with Crippen LogP contribution in [0.25, 0.3) is 0 Å². The van der Waals surface area contributed by atoms with Gasteiger partial charge in [0.25, 0.3) is 0 Å². The number of methoxy groups -OCH3 is 1. The van der Waals surface area contributed by atoms with Gasteiger partial charge in [0.2, 0.25) is 0 Å². The molecule has 0 radical (unpaired) electrons. The Morgan fingerprint density at radius 3 is 2.72 bits per heavy atom. The highest BCUT2D eigenvalue weighted by Gasteiger charge is 2.37. The molecule has 3 nitrogen and oxygen atoms in total. The zero-order chi connectivity index (χ0) is 13.8. The first-order chi connectivity index (χ1) is 8.45. The van der Waals surface area contributed by atoms with Crippen molar-refractivity contribution >= 4 is 17.6 Å². The molecule has 1 aromatic carbocycles. The third-order valence-electron chi connectivity index (χ3n) is 2.79. The molecule has 1 N–H and O–H groups in total. The highest BCUT2D eigenvalue weighted by molar-refractivity contribution is 6.31. The van der Waals surface area contributed by atoms with E-state index in [0.717, 1.165) is 6.42 Å². The first-order valence-corrected chi connectivity index (χ1v) is 6.12. The van der Waals surface area contributed by atoms with E-state index in [9.17, 15) is 9.18 Å². The Morgan fingerprint density at radius 2 is 2.22 bits per heavy atom. The van der Waals surface area contributed by atoms with Crippen LogP contribution in [0.3, 0.4) is 0 Å². The number of esters is 1. The van der Waals surface area contributed by atoms with Gasteiger partial charge in [-0.1, -0.05) is 24.6 Å². The summed E-state index contributed by atoms with van der Waals surface area (Å²) < 4.78 is 17.8. The number of carbonyl (C=O) groups is 1. The van der Waals surface area contributed by atoms with E-state index in [0.29, 0.717) is 12.1 Å². The minimum Gasteiger partial charge on any atom is -0.467 e. The highest BCUT2D eigenvalue weighted by Crippen LogP contribution is 2.29. The van der Waals surface area contributed by atoms with Crippen LogP contribution in [0.2, 0.25) is 5.02 Å². The fourth-order valence-corrected chi connectivity index (χ4v) is 2.11. The molecule has 0 heterocycles. The molecule has 100 valence electrons. The molecule has 0 spiro atoms. The number of rotatable bonds is 5. The largest absolute Gasteiger partial charge is 0.467 e. The van der Waals surface area contributed by atoms with Crippen molar-refractivity contribution in [1.29, 1.82) is 0 Å². The highest BCUT2D eigenvalue weighted by atomic mass is 35.5. The zero-order valence-electron chi connectivity index (χ0n) is 10.7. The van der Waals surface area contributed by atoms with E-state index in [2.05, 4.69) is 5.32 Å². The fourth-order valence-electron chi connectivity index (χ4n) is 1.75. The molecule has 0 aliphatic carbocycles. The van der Waals surface area contributed by atoms with Gasteiger partial charge >= 0.3 is 5.97 Å². The monoisotopic (exact) mass is 273 g/mol. The Labute approximate surface area is 111 Å². The molecule has 0 aliphatic rings. The van der Waals surface area contributed by atoms with Gasteiger partial charge in [-0.25, -0.2) is 9.18 Å². The Balaban J connectivity index is 3.20. The van der Waals surface area contributed by atoms with Crippen molar-refractivity contribution in [1.82, 2.24) is 5.32 Å². The SMILES string of the molecule is CCCNC(C)(C(=O)OC)c1ccc(F)cc1Cl. The molecular formula is C13H17ClFNO2. The number of halogens is 2. The van der Waals surface area contributed by atoms with Crippen molar-refractivity contribution in [2.45, 2.75) is 25.8 Å². The Kier molecular flexibility index (Phi) is 5.11. The summed E-state index contributed by atoms with van der Waals surface area (Å²) in [7, 11) is 1.31. The zero-order valence-corrected chi connectivity index (χ0v) is 11.5. The van der Waals surface area contributed by atoms with E-state index >= 15 is 0 Å². The maximum absolute atomic E-state index is 13.0. The van der Waals surface area contributed by atoms with Crippen LogP contribution in [-0.4, -0.2) is 19.6 Å². The quantitative estimate of drug-likeness (QED) is 0.839. The van der Waals surface area contributed by atoms with E-state index in [1.807, 2.05) is 6.92 Å². The van der Waals surface area contributed by atoms with Crippen LogP contribution in [-0.2, 0) is 15.1 Å². The van der Waals surface area contributed by atoms with Crippen LogP contribution in [0.1, 0.15) is 25.8 Å². The van der Waals surface area contributed by atoms with Crippen LogP contribution in [0.15, 0.2) is 18.2 Å². The van der Waals surface area contributed by atoms with E-state index < -0.39 is 17.3 Å². The average molecular weight is 274 g/mol. The van der Waals surface area contributed by atoms with Crippen molar-refractivity contribution in [3.63, 3.8) is 0 Å². The van der Waals surface area contributed by atoms with Crippen LogP contribution in [0.5, 0.6) is 0 Å². The first kappa shape index (κ1) is 14.9. The number of benzene rings is 1. The lowest BCUT2D eigenvalue weighted by molar-refractivity contribution is -0.148. The van der Waals surface area contributed by atoms with Gasteiger partial charge in [-0.05, 0) is 32.0 Å². The number of hydrogen-bond acceptors (Lipinski definition) is 3. The number of carbonyl (C=O) groups excluding carboxylic acids is 1. The number of nitrogens with one attached hydrogen (secondary N) is 1. The molecule has 0 aromatic heterocycles. The molecule has 5 heteroatoms. The van der Waals surface area contributed by atoms with Gasteiger partial charge < -0.3 is 4.74 Å². The molecule has 0 amide bonds. The topological polar surface area (TPSA) is 38.3 Å². The summed E-state index contributed by atoms with van der Waals surface area (Å²) in [6.45, 7) is 4.28. The molecule has 0 saturated carbocycles. The summed E-state index contributed by atoms with van der Waals surface area (Å²) in [5.74, 6) is -0.893. The van der Waals surface area contributed by atoms with E-state index in [-0.39, 0.29) is 5.02 Å². The normalized spacial score (nSPS) is 14.1. The summed E-state index contributed by atoms with van der Waals surface area (Å²) in [6, 6.07) is 3.96. The summed E-state index contributed by atoms with van der Waals surface area (Å²) in [5, 5.41) is 3.29. The molecule has 18 heavy (non-hydrogen) atoms. The van der Waals surface area contributed by atoms with Gasteiger partial charge in [-0.3, -0.25) is 5.32 Å². The van der Waals surface area contributed by atoms with Crippen molar-refractivity contribution in [2.24, 2.45) is 0 Å². The average Bonchev–Trinajstić information content (AvgIpc) is 2.34. The van der Waals surface area contributed by atoms with Gasteiger partial charge in [-0.2, -0.15) is 0 Å². The molecule has 0 saturated heterocycles. The third-order valence-corrected chi connectivity index (χ3v) is 3.10. The molecule has 0 bridgehead atoms. The minimum atomic E-state index is -1.07. The summed E-state index contributed by atoms with van der Waals surface area (Å²) >= 11 is 6.01. The van der Waals surface area contributed by atoms with Gasteiger partial charge in [0.05, 0.1) is 7.11 Å². The van der Waals surface area contributed by atoms with Crippen LogP contribution < -0.4 is 5.32 Å². The van der Waals surface area contributed by atoms with Crippen molar-refractivity contribution in [3.8, 4) is 0 Å². The molecule has 1 aromatic rings. The molecule has 1 unspecified atom stereocenters. The molecule has 0 aliphatic heterocycles. The second-order valence-corrected chi connectivity index (χ2v) is 4.57. The predicted octanol–water partition coefficient (Wildman–Crippen LogP) is 2.87. The van der Waals surface area contributed by atoms with Crippen LogP contribution in [0, 0.1) is 5.82 Å². The van der Waals surface area contributed by atoms with Gasteiger partial charge in [0.1, 0.15) is 11.4 Å². The van der Waals surface area contributed by atoms with E-state index in [1.165, 1.54) is 25.3 Å². The van der Waals surface area contributed by atoms with Gasteiger partial charge in [0.15, 0.2) is 0 Å². The third kappa shape index (κ3) is 3.00. The van der Waals surface area contributed by atoms with E-state index in [4.69, 9.17) is 16.3 Å². The number of hydrogen-bond donors (Lipinski definition) is 1. The second kappa shape index (κ2) is 6.16. The molecule has 1 atom stereocenters. The number of ether oxygens (including phenoxy) is 1. The first-order valence-electron chi connectivity index (χ1n) is 5.74. The van der Waals surface area contributed by atoms with E-state index in [1.54, 1.807) is 6.92 Å². The van der Waals surface area contributed by atoms with Gasteiger partial charge in [-0.15, -0.1) is 0 Å². The van der Waals surface area contributed by atoms with Crippen LogP contribution in [0.4, 0.5) is 4.39 Å². The molecule has 1 rings (SSSR count). The lowest BCUT2D eigenvalue weighted by atomic mass is 9.91. The lowest BCUT2D eigenvalue weighted by Gasteiger charge is -2.29. The van der Waals surface area contributed by atoms with Crippen molar-refractivity contribution < 1.29 is 13.9 Å². The molecule has 0 fully saturated rings. The summed E-state index contributed by atoms with van der Waals surface area (Å²) in [4.78, 5) is 11.9. The fraction of sp³-hybridized carbons (Fsp3) is 0.462. The molecular weight excluding hydrogens is 257 g/mol. The lowest BCUT2D eigenvalue weighted by Crippen LogP contribution is -2.47. The Hall–Kier alpha value is -1.13. The predicted molar refractivity (Wildman–Crippen MR) is 69.1 cm³/mol. The maximum atomic E-state index is 13.0. The van der Waals surface area contributed by atoms with Crippen LogP contribution >= 0.6 is 11.6 Å². The minimum absolute atomic E-state index is 0.200. The van der Waals surface area contributed by atoms with Crippen molar-refractivity contribution in [3.05, 3.63) is 34.6 Å². The second-order valence-electron chi connectivity index (χ2n) is 4.17. The Morgan fingerprint density at radius 1 is 1.56 bits per heavy atom. The summed E-state index contributed by atoms with van der Waals surface area (Å²) in [6.07, 6.45) is 0.853. The maximum Gasteiger partial charge on any atom is 0.330 e. The smallest absolute Gasteiger partial charge is 0.330 e. The standard InChI is InChI=1S/C13H17ClFNO2/c1-4-7-16-13(2,12(17)18-3)10-6-5-9(15)8-11(10)14/h5-6,8,16H,4,7H2,1-3H3. The Bertz CT molecular complexity index is 439. The summed E-state index contributed by atoms with van der Waals surface area (Å²) in [5.41, 5.74) is -0.568. The van der Waals surface area contributed by atoms with Gasteiger partial charge in [0, 0.05) is 10.6 Å². The van der Waals surface area contributed by atoms with Crippen molar-refractivity contribution in [2.75, 3.05) is 13.7 Å².